The molecule has 0 unspecified atom stereocenters. The molecule has 1 aromatic rings. The van der Waals surface area contributed by atoms with Gasteiger partial charge in [0.15, 0.2) is 0 Å². The van der Waals surface area contributed by atoms with Crippen molar-refractivity contribution in [3.05, 3.63) is 46.1 Å². The molecule has 0 radical (unpaired) electrons. The van der Waals surface area contributed by atoms with Gasteiger partial charge in [0.2, 0.25) is 0 Å². The topological polar surface area (TPSA) is 41.1 Å². The molecule has 1 saturated carbocycles. The summed E-state index contributed by atoms with van der Waals surface area (Å²) >= 11 is 3.44. The summed E-state index contributed by atoms with van der Waals surface area (Å²) in [5.74, 6) is 0. The number of hydrogen-bond donors (Lipinski definition) is 2. The highest BCUT2D eigenvalue weighted by Gasteiger charge is 2.05. The van der Waals surface area contributed by atoms with Gasteiger partial charge in [-0.05, 0) is 49.8 Å². The first-order valence-electron chi connectivity index (χ1n) is 7.21. The zero-order valence-corrected chi connectivity index (χ0v) is 13.2. The van der Waals surface area contributed by atoms with Crippen molar-refractivity contribution < 1.29 is 4.79 Å². The van der Waals surface area contributed by atoms with Crippen molar-refractivity contribution in [1.29, 1.82) is 0 Å². The lowest BCUT2D eigenvalue weighted by Gasteiger charge is -2.13. The van der Waals surface area contributed by atoms with Crippen LogP contribution in [0.1, 0.15) is 37.7 Å². The Bertz CT molecular complexity index is 477. The van der Waals surface area contributed by atoms with Crippen molar-refractivity contribution in [2.75, 3.05) is 6.54 Å². The molecule has 0 saturated heterocycles. The van der Waals surface area contributed by atoms with Gasteiger partial charge in [0, 0.05) is 17.2 Å². The van der Waals surface area contributed by atoms with E-state index in [1.54, 1.807) is 0 Å². The van der Waals surface area contributed by atoms with E-state index < -0.39 is 0 Å². The Morgan fingerprint density at radius 2 is 2.05 bits per heavy atom. The number of carbonyl (C=O) groups excluding carboxylic acids is 1. The van der Waals surface area contributed by atoms with Gasteiger partial charge in [-0.3, -0.25) is 0 Å². The Kier molecular flexibility index (Phi) is 6.12. The highest BCUT2D eigenvalue weighted by Crippen LogP contribution is 2.21. The van der Waals surface area contributed by atoms with E-state index in [-0.39, 0.29) is 6.03 Å². The second-order valence-electron chi connectivity index (χ2n) is 5.14. The maximum Gasteiger partial charge on any atom is 0.318 e. The van der Waals surface area contributed by atoms with Gasteiger partial charge in [0.05, 0.1) is 0 Å². The van der Waals surface area contributed by atoms with Crippen LogP contribution in [0.4, 0.5) is 4.79 Å². The number of allylic oxidation sites excluding steroid dienone is 1. The number of carbonyl (C=O) groups is 1. The molecule has 1 aliphatic carbocycles. The molecule has 0 aromatic heterocycles. The van der Waals surface area contributed by atoms with Crippen LogP contribution in [0.5, 0.6) is 0 Å². The molecule has 20 heavy (non-hydrogen) atoms. The molecule has 108 valence electrons. The van der Waals surface area contributed by atoms with Gasteiger partial charge in [0.1, 0.15) is 0 Å². The van der Waals surface area contributed by atoms with Crippen molar-refractivity contribution in [1.82, 2.24) is 10.6 Å². The minimum absolute atomic E-state index is 0.113. The second kappa shape index (κ2) is 8.10. The fraction of sp³-hybridized carbons (Fsp3) is 0.438. The van der Waals surface area contributed by atoms with Crippen LogP contribution in [0.25, 0.3) is 0 Å². The summed E-state index contributed by atoms with van der Waals surface area (Å²) in [5, 5.41) is 5.71. The van der Waals surface area contributed by atoms with Gasteiger partial charge in [-0.1, -0.05) is 40.1 Å². The first-order valence-corrected chi connectivity index (χ1v) is 8.00. The third-order valence-corrected chi connectivity index (χ3v) is 3.98. The lowest BCUT2D eigenvalue weighted by Crippen LogP contribution is -2.33. The Morgan fingerprint density at radius 1 is 1.25 bits per heavy atom. The largest absolute Gasteiger partial charge is 0.338 e. The summed E-state index contributed by atoms with van der Waals surface area (Å²) in [4.78, 5) is 11.7. The van der Waals surface area contributed by atoms with Crippen LogP contribution in [-0.4, -0.2) is 12.6 Å². The molecule has 0 heterocycles. The molecule has 0 atom stereocenters. The van der Waals surface area contributed by atoms with Crippen LogP contribution < -0.4 is 10.6 Å². The van der Waals surface area contributed by atoms with E-state index >= 15 is 0 Å². The zero-order valence-electron chi connectivity index (χ0n) is 11.6. The smallest absolute Gasteiger partial charge is 0.318 e. The summed E-state index contributed by atoms with van der Waals surface area (Å²) in [6.07, 6.45) is 8.78. The van der Waals surface area contributed by atoms with Crippen molar-refractivity contribution in [3.63, 3.8) is 0 Å². The van der Waals surface area contributed by atoms with Gasteiger partial charge < -0.3 is 10.6 Å². The van der Waals surface area contributed by atoms with E-state index in [2.05, 4.69) is 38.7 Å². The molecule has 4 heteroatoms. The summed E-state index contributed by atoms with van der Waals surface area (Å²) in [7, 11) is 0. The van der Waals surface area contributed by atoms with E-state index in [0.29, 0.717) is 6.54 Å². The van der Waals surface area contributed by atoms with Crippen LogP contribution in [0.2, 0.25) is 0 Å². The van der Waals surface area contributed by atoms with Gasteiger partial charge in [-0.15, -0.1) is 0 Å². The molecular weight excluding hydrogens is 316 g/mol. The zero-order chi connectivity index (χ0) is 14.2. The lowest BCUT2D eigenvalue weighted by molar-refractivity contribution is 0.244. The van der Waals surface area contributed by atoms with Crippen LogP contribution in [0.15, 0.2) is 40.5 Å². The quantitative estimate of drug-likeness (QED) is 0.852. The summed E-state index contributed by atoms with van der Waals surface area (Å²) in [6.45, 7) is 0.644. The van der Waals surface area contributed by atoms with E-state index in [4.69, 9.17) is 0 Å². The average molecular weight is 337 g/mol. The molecular formula is C16H21BrN2O. The Labute approximate surface area is 129 Å². The monoisotopic (exact) mass is 336 g/mol. The number of rotatable bonds is 4. The van der Waals surface area contributed by atoms with Crippen molar-refractivity contribution in [2.24, 2.45) is 0 Å². The van der Waals surface area contributed by atoms with Crippen molar-refractivity contribution >= 4 is 22.0 Å². The predicted molar refractivity (Wildman–Crippen MR) is 85.5 cm³/mol. The molecule has 2 N–H and O–H groups in total. The molecule has 1 aromatic carbocycles. The van der Waals surface area contributed by atoms with Crippen molar-refractivity contribution in [3.8, 4) is 0 Å². The van der Waals surface area contributed by atoms with Gasteiger partial charge >= 0.3 is 6.03 Å². The van der Waals surface area contributed by atoms with Gasteiger partial charge in [-0.2, -0.15) is 0 Å². The van der Waals surface area contributed by atoms with E-state index in [1.165, 1.54) is 30.4 Å². The number of urea groups is 1. The summed E-state index contributed by atoms with van der Waals surface area (Å²) in [6, 6.07) is 8.03. The molecule has 2 rings (SSSR count). The second-order valence-corrected chi connectivity index (χ2v) is 6.06. The fourth-order valence-corrected chi connectivity index (χ4v) is 2.83. The summed E-state index contributed by atoms with van der Waals surface area (Å²) < 4.78 is 1.07. The van der Waals surface area contributed by atoms with Crippen LogP contribution >= 0.6 is 15.9 Å². The molecule has 1 aliphatic rings. The van der Waals surface area contributed by atoms with Gasteiger partial charge in [0.25, 0.3) is 0 Å². The van der Waals surface area contributed by atoms with Crippen molar-refractivity contribution in [2.45, 2.75) is 38.5 Å². The molecule has 2 amide bonds. The van der Waals surface area contributed by atoms with Crippen LogP contribution in [0.3, 0.4) is 0 Å². The molecule has 0 aliphatic heterocycles. The highest BCUT2D eigenvalue weighted by molar-refractivity contribution is 9.10. The number of benzene rings is 1. The van der Waals surface area contributed by atoms with E-state index in [9.17, 15) is 4.79 Å². The maximum absolute atomic E-state index is 11.7. The maximum atomic E-state index is 11.7. The Morgan fingerprint density at radius 3 is 2.80 bits per heavy atom. The normalized spacial score (nSPS) is 14.8. The Balaban J connectivity index is 1.67. The molecule has 0 bridgehead atoms. The van der Waals surface area contributed by atoms with E-state index in [1.807, 2.05) is 18.3 Å². The third kappa shape index (κ3) is 5.37. The van der Waals surface area contributed by atoms with E-state index in [0.717, 1.165) is 23.7 Å². The highest BCUT2D eigenvalue weighted by atomic mass is 79.9. The first-order chi connectivity index (χ1) is 9.74. The number of amides is 2. The summed E-state index contributed by atoms with van der Waals surface area (Å²) in [5.41, 5.74) is 2.57. The SMILES string of the molecule is O=C(NC=C1CCCCC1)NCCc1cccc(Br)c1. The van der Waals surface area contributed by atoms with Gasteiger partial charge in [-0.25, -0.2) is 4.79 Å². The number of hydrogen-bond acceptors (Lipinski definition) is 1. The number of nitrogens with one attached hydrogen (secondary N) is 2. The molecule has 1 fully saturated rings. The average Bonchev–Trinajstić information content (AvgIpc) is 2.46. The predicted octanol–water partition coefficient (Wildman–Crippen LogP) is 4.14. The minimum Gasteiger partial charge on any atom is -0.338 e. The number of halogens is 1. The molecule has 0 spiro atoms. The Hall–Kier alpha value is -1.29. The fourth-order valence-electron chi connectivity index (χ4n) is 2.38. The first kappa shape index (κ1) is 15.1. The molecule has 3 nitrogen and oxygen atoms in total. The third-order valence-electron chi connectivity index (χ3n) is 3.49. The van der Waals surface area contributed by atoms with Crippen LogP contribution in [-0.2, 0) is 6.42 Å². The van der Waals surface area contributed by atoms with Crippen LogP contribution in [0, 0.1) is 0 Å². The standard InChI is InChI=1S/C16H21BrN2O/c17-15-8-4-7-13(11-15)9-10-18-16(20)19-12-14-5-2-1-3-6-14/h4,7-8,11-12H,1-3,5-6,9-10H2,(H2,18,19,20). The minimum atomic E-state index is -0.113. The lowest BCUT2D eigenvalue weighted by atomic mass is 9.96.